The third-order valence-electron chi connectivity index (χ3n) is 6.59. The maximum Gasteiger partial charge on any atom is 0.343 e. The van der Waals surface area contributed by atoms with Gasteiger partial charge in [0, 0.05) is 0 Å². The molecule has 0 unspecified atom stereocenters. The van der Waals surface area contributed by atoms with E-state index < -0.39 is 0 Å². The average molecular weight is 485 g/mol. The lowest BCUT2D eigenvalue weighted by atomic mass is 9.97. The zero-order chi connectivity index (χ0) is 25.6. The van der Waals surface area contributed by atoms with E-state index in [9.17, 15) is 4.79 Å². The lowest BCUT2D eigenvalue weighted by Gasteiger charge is -2.09. The van der Waals surface area contributed by atoms with Gasteiger partial charge in [0.2, 0.25) is 0 Å². The molecule has 3 heteroatoms. The molecule has 0 aliphatic heterocycles. The molecule has 3 aromatic carbocycles. The maximum atomic E-state index is 12.6. The summed E-state index contributed by atoms with van der Waals surface area (Å²) in [4.78, 5) is 12.6. The third-order valence-corrected chi connectivity index (χ3v) is 6.59. The molecular formula is C33H40O3. The van der Waals surface area contributed by atoms with Gasteiger partial charge in [-0.1, -0.05) is 82.9 Å². The number of esters is 1. The molecule has 0 N–H and O–H groups in total. The summed E-state index contributed by atoms with van der Waals surface area (Å²) in [5.41, 5.74) is 4.12. The normalized spacial score (nSPS) is 12.0. The second-order valence-electron chi connectivity index (χ2n) is 9.53. The molecule has 0 fully saturated rings. The van der Waals surface area contributed by atoms with Crippen LogP contribution in [0.25, 0.3) is 11.1 Å². The lowest BCUT2D eigenvalue weighted by molar-refractivity contribution is 0.0734. The van der Waals surface area contributed by atoms with Crippen molar-refractivity contribution in [3.8, 4) is 22.6 Å². The van der Waals surface area contributed by atoms with Gasteiger partial charge in [-0.25, -0.2) is 4.79 Å². The summed E-state index contributed by atoms with van der Waals surface area (Å²) in [5, 5.41) is 0. The quantitative estimate of drug-likeness (QED) is 0.0989. The Balaban J connectivity index is 1.48. The number of carbonyl (C=O) groups is 1. The van der Waals surface area contributed by atoms with Crippen molar-refractivity contribution in [2.75, 3.05) is 0 Å². The summed E-state index contributed by atoms with van der Waals surface area (Å²) in [6.45, 7) is 6.76. The summed E-state index contributed by atoms with van der Waals surface area (Å²) >= 11 is 0. The summed E-state index contributed by atoms with van der Waals surface area (Å²) < 4.78 is 11.2. The number of unbranched alkanes of at least 4 members (excludes halogenated alkanes) is 4. The molecule has 3 aromatic rings. The number of benzene rings is 3. The second-order valence-corrected chi connectivity index (χ2v) is 9.53. The molecule has 36 heavy (non-hydrogen) atoms. The fourth-order valence-corrected chi connectivity index (χ4v) is 3.92. The standard InChI is InChI=1S/C33H40O3/c1-4-6-7-8-9-10-25-35-31-21-23-32(24-22-31)36-33(34)30-19-17-29(18-20-30)28-15-13-27(14-16-28)12-11-26(3)5-2/h10,13-26H,4-9,11-12H2,1-3H3/b25-10+/t26-/m0/s1. The number of ether oxygens (including phenoxy) is 2. The first-order valence-electron chi connectivity index (χ1n) is 13.4. The highest BCUT2D eigenvalue weighted by atomic mass is 16.5. The van der Waals surface area contributed by atoms with Crippen LogP contribution in [0.3, 0.4) is 0 Å². The zero-order valence-corrected chi connectivity index (χ0v) is 22.0. The van der Waals surface area contributed by atoms with Crippen LogP contribution >= 0.6 is 0 Å². The molecule has 0 amide bonds. The van der Waals surface area contributed by atoms with Gasteiger partial charge in [-0.15, -0.1) is 0 Å². The van der Waals surface area contributed by atoms with Gasteiger partial charge >= 0.3 is 5.97 Å². The van der Waals surface area contributed by atoms with Gasteiger partial charge in [0.1, 0.15) is 11.5 Å². The number of hydrogen-bond donors (Lipinski definition) is 0. The Labute approximate surface area is 217 Å². The van der Waals surface area contributed by atoms with Gasteiger partial charge in [0.25, 0.3) is 0 Å². The van der Waals surface area contributed by atoms with Crippen LogP contribution in [0.4, 0.5) is 0 Å². The van der Waals surface area contributed by atoms with Gasteiger partial charge in [-0.2, -0.15) is 0 Å². The molecule has 0 saturated heterocycles. The SMILES string of the molecule is CCCCCC/C=C/Oc1ccc(OC(=O)c2ccc(-c3ccc(CC[C@@H](C)CC)cc3)cc2)cc1. The van der Waals surface area contributed by atoms with Crippen LogP contribution in [0.2, 0.25) is 0 Å². The van der Waals surface area contributed by atoms with Crippen molar-refractivity contribution in [3.05, 3.63) is 96.3 Å². The Kier molecular flexibility index (Phi) is 11.3. The molecule has 190 valence electrons. The number of hydrogen-bond acceptors (Lipinski definition) is 3. The minimum atomic E-state index is -0.373. The van der Waals surface area contributed by atoms with Crippen LogP contribution in [-0.4, -0.2) is 5.97 Å². The number of rotatable bonds is 14. The highest BCUT2D eigenvalue weighted by Gasteiger charge is 2.09. The van der Waals surface area contributed by atoms with Crippen molar-refractivity contribution in [1.29, 1.82) is 0 Å². The van der Waals surface area contributed by atoms with Gasteiger partial charge in [0.05, 0.1) is 11.8 Å². The van der Waals surface area contributed by atoms with E-state index in [1.165, 1.54) is 44.1 Å². The molecule has 0 saturated carbocycles. The van der Waals surface area contributed by atoms with E-state index in [4.69, 9.17) is 9.47 Å². The fraction of sp³-hybridized carbons (Fsp3) is 0.364. The molecule has 3 rings (SSSR count). The van der Waals surface area contributed by atoms with Crippen LogP contribution in [0.5, 0.6) is 11.5 Å². The van der Waals surface area contributed by atoms with Gasteiger partial charge in [-0.05, 0) is 90.8 Å². The van der Waals surface area contributed by atoms with Crippen LogP contribution in [0.1, 0.15) is 81.6 Å². The van der Waals surface area contributed by atoms with E-state index in [0.717, 1.165) is 35.6 Å². The zero-order valence-electron chi connectivity index (χ0n) is 22.0. The molecule has 1 atom stereocenters. The number of allylic oxidation sites excluding steroid dienone is 1. The first-order chi connectivity index (χ1) is 17.6. The summed E-state index contributed by atoms with van der Waals surface area (Å²) in [5.74, 6) is 1.60. The van der Waals surface area contributed by atoms with E-state index in [1.54, 1.807) is 30.5 Å². The van der Waals surface area contributed by atoms with Crippen LogP contribution in [0.15, 0.2) is 85.1 Å². The van der Waals surface area contributed by atoms with Crippen molar-refractivity contribution in [1.82, 2.24) is 0 Å². The summed E-state index contributed by atoms with van der Waals surface area (Å²) in [6, 6.07) is 23.4. The summed E-state index contributed by atoms with van der Waals surface area (Å²) in [6.07, 6.45) is 13.3. The molecule has 0 heterocycles. The molecular weight excluding hydrogens is 444 g/mol. The molecule has 0 aliphatic carbocycles. The highest BCUT2D eigenvalue weighted by Crippen LogP contribution is 2.23. The van der Waals surface area contributed by atoms with Gasteiger partial charge in [-0.3, -0.25) is 0 Å². The highest BCUT2D eigenvalue weighted by molar-refractivity contribution is 5.91. The van der Waals surface area contributed by atoms with Crippen molar-refractivity contribution in [2.24, 2.45) is 5.92 Å². The first-order valence-corrected chi connectivity index (χ1v) is 13.4. The fourth-order valence-electron chi connectivity index (χ4n) is 3.92. The minimum Gasteiger partial charge on any atom is -0.465 e. The smallest absolute Gasteiger partial charge is 0.343 e. The van der Waals surface area contributed by atoms with E-state index >= 15 is 0 Å². The van der Waals surface area contributed by atoms with Crippen LogP contribution in [-0.2, 0) is 6.42 Å². The van der Waals surface area contributed by atoms with Crippen LogP contribution < -0.4 is 9.47 Å². The van der Waals surface area contributed by atoms with E-state index in [1.807, 2.05) is 24.3 Å². The molecule has 0 aromatic heterocycles. The first kappa shape index (κ1) is 27.3. The van der Waals surface area contributed by atoms with Crippen LogP contribution in [0, 0.1) is 5.92 Å². The van der Waals surface area contributed by atoms with Gasteiger partial charge in [0.15, 0.2) is 0 Å². The molecule has 3 nitrogen and oxygen atoms in total. The molecule has 0 spiro atoms. The Morgan fingerprint density at radius 3 is 2.08 bits per heavy atom. The minimum absolute atomic E-state index is 0.373. The third kappa shape index (κ3) is 9.03. The van der Waals surface area contributed by atoms with E-state index in [0.29, 0.717) is 11.3 Å². The lowest BCUT2D eigenvalue weighted by Crippen LogP contribution is -2.08. The Morgan fingerprint density at radius 2 is 1.44 bits per heavy atom. The molecule has 0 bridgehead atoms. The van der Waals surface area contributed by atoms with E-state index in [-0.39, 0.29) is 5.97 Å². The Morgan fingerprint density at radius 1 is 0.806 bits per heavy atom. The van der Waals surface area contributed by atoms with Crippen molar-refractivity contribution >= 4 is 5.97 Å². The Hall–Kier alpha value is -3.33. The largest absolute Gasteiger partial charge is 0.465 e. The monoisotopic (exact) mass is 484 g/mol. The predicted octanol–water partition coefficient (Wildman–Crippen LogP) is 9.41. The van der Waals surface area contributed by atoms with Gasteiger partial charge < -0.3 is 9.47 Å². The number of carbonyl (C=O) groups excluding carboxylic acids is 1. The summed E-state index contributed by atoms with van der Waals surface area (Å²) in [7, 11) is 0. The van der Waals surface area contributed by atoms with E-state index in [2.05, 4.69) is 51.1 Å². The Bertz CT molecular complexity index is 1060. The second kappa shape index (κ2) is 14.9. The van der Waals surface area contributed by atoms with Crippen molar-refractivity contribution in [3.63, 3.8) is 0 Å². The van der Waals surface area contributed by atoms with Crippen molar-refractivity contribution < 1.29 is 14.3 Å². The molecule has 0 aliphatic rings. The van der Waals surface area contributed by atoms with Crippen molar-refractivity contribution in [2.45, 2.75) is 72.1 Å². The topological polar surface area (TPSA) is 35.5 Å². The number of aryl methyl sites for hydroxylation is 1. The average Bonchev–Trinajstić information content (AvgIpc) is 2.92. The predicted molar refractivity (Wildman–Crippen MR) is 150 cm³/mol. The maximum absolute atomic E-state index is 12.6. The molecule has 0 radical (unpaired) electrons.